The summed E-state index contributed by atoms with van der Waals surface area (Å²) in [5, 5.41) is 2.61. The fourth-order valence-electron chi connectivity index (χ4n) is 1.91. The standard InChI is InChI=1S/C20H40N2O9/c1-20(2,3)31-19(24)22-5-7-26-9-11-28-13-15-30-17-16-29-14-12-27-10-8-25-6-4-18(21)23/h4-17H2,1-3H3,(H2,21,23)(H,22,24). The van der Waals surface area contributed by atoms with Crippen molar-refractivity contribution >= 4 is 12.0 Å². The van der Waals surface area contributed by atoms with Crippen LogP contribution in [-0.4, -0.2) is 103 Å². The van der Waals surface area contributed by atoms with Gasteiger partial charge in [-0.1, -0.05) is 0 Å². The van der Waals surface area contributed by atoms with Gasteiger partial charge in [-0.2, -0.15) is 0 Å². The van der Waals surface area contributed by atoms with E-state index < -0.39 is 11.7 Å². The molecule has 0 unspecified atom stereocenters. The van der Waals surface area contributed by atoms with Crippen molar-refractivity contribution < 1.29 is 42.7 Å². The smallest absolute Gasteiger partial charge is 0.407 e. The molecular weight excluding hydrogens is 412 g/mol. The van der Waals surface area contributed by atoms with E-state index in [9.17, 15) is 9.59 Å². The van der Waals surface area contributed by atoms with Crippen LogP contribution in [0.15, 0.2) is 0 Å². The molecule has 0 bridgehead atoms. The minimum Gasteiger partial charge on any atom is -0.444 e. The van der Waals surface area contributed by atoms with Crippen molar-refractivity contribution in [3.8, 4) is 0 Å². The third-order valence-corrected chi connectivity index (χ3v) is 3.27. The number of primary amides is 1. The van der Waals surface area contributed by atoms with Gasteiger partial charge in [0.15, 0.2) is 0 Å². The number of ether oxygens (including phenoxy) is 7. The molecule has 0 fully saturated rings. The molecule has 31 heavy (non-hydrogen) atoms. The van der Waals surface area contributed by atoms with Crippen LogP contribution in [0.25, 0.3) is 0 Å². The number of hydrogen-bond acceptors (Lipinski definition) is 9. The molecule has 0 saturated carbocycles. The molecule has 11 nitrogen and oxygen atoms in total. The minimum absolute atomic E-state index is 0.219. The number of carbonyl (C=O) groups excluding carboxylic acids is 2. The Bertz CT molecular complexity index is 445. The molecule has 0 spiro atoms. The second-order valence-corrected chi connectivity index (χ2v) is 7.32. The minimum atomic E-state index is -0.507. The van der Waals surface area contributed by atoms with Gasteiger partial charge in [0.1, 0.15) is 5.60 Å². The van der Waals surface area contributed by atoms with Crippen LogP contribution in [-0.2, 0) is 38.0 Å². The van der Waals surface area contributed by atoms with E-state index in [1.54, 1.807) is 0 Å². The molecule has 3 N–H and O–H groups in total. The van der Waals surface area contributed by atoms with Gasteiger partial charge in [0, 0.05) is 13.0 Å². The van der Waals surface area contributed by atoms with Crippen LogP contribution in [0.2, 0.25) is 0 Å². The molecule has 0 aliphatic carbocycles. The molecule has 0 aromatic heterocycles. The van der Waals surface area contributed by atoms with E-state index in [4.69, 9.17) is 38.9 Å². The van der Waals surface area contributed by atoms with Crippen LogP contribution in [0.4, 0.5) is 4.79 Å². The lowest BCUT2D eigenvalue weighted by Gasteiger charge is -2.19. The Hall–Kier alpha value is -1.50. The summed E-state index contributed by atoms with van der Waals surface area (Å²) in [4.78, 5) is 21.9. The summed E-state index contributed by atoms with van der Waals surface area (Å²) in [6.07, 6.45) is -0.235. The monoisotopic (exact) mass is 452 g/mol. The van der Waals surface area contributed by atoms with Gasteiger partial charge in [-0.25, -0.2) is 4.79 Å². The Morgan fingerprint density at radius 1 is 0.645 bits per heavy atom. The van der Waals surface area contributed by atoms with Crippen molar-refractivity contribution in [2.75, 3.05) is 85.8 Å². The van der Waals surface area contributed by atoms with E-state index in [0.29, 0.717) is 85.8 Å². The second-order valence-electron chi connectivity index (χ2n) is 7.32. The summed E-state index contributed by atoms with van der Waals surface area (Å²) >= 11 is 0. The summed E-state index contributed by atoms with van der Waals surface area (Å²) in [5.74, 6) is -0.376. The van der Waals surface area contributed by atoms with E-state index in [-0.39, 0.29) is 12.3 Å². The number of amides is 2. The van der Waals surface area contributed by atoms with Crippen LogP contribution in [0.5, 0.6) is 0 Å². The lowest BCUT2D eigenvalue weighted by Crippen LogP contribution is -2.34. The molecule has 2 amide bonds. The number of alkyl carbamates (subject to hydrolysis) is 1. The number of rotatable bonds is 21. The van der Waals surface area contributed by atoms with Gasteiger partial charge in [0.05, 0.1) is 79.3 Å². The van der Waals surface area contributed by atoms with Crippen LogP contribution < -0.4 is 11.1 Å². The average molecular weight is 453 g/mol. The zero-order valence-corrected chi connectivity index (χ0v) is 19.2. The fourth-order valence-corrected chi connectivity index (χ4v) is 1.91. The molecule has 0 aliphatic heterocycles. The van der Waals surface area contributed by atoms with Crippen LogP contribution in [0.1, 0.15) is 27.2 Å². The Labute approximate surface area is 185 Å². The topological polar surface area (TPSA) is 137 Å². The molecule has 184 valence electrons. The molecular formula is C20H40N2O9. The Morgan fingerprint density at radius 2 is 1.00 bits per heavy atom. The average Bonchev–Trinajstić information content (AvgIpc) is 2.67. The predicted molar refractivity (Wildman–Crippen MR) is 113 cm³/mol. The summed E-state index contributed by atoms with van der Waals surface area (Å²) in [6.45, 7) is 11.1. The third-order valence-electron chi connectivity index (χ3n) is 3.27. The van der Waals surface area contributed by atoms with Crippen LogP contribution in [0.3, 0.4) is 0 Å². The van der Waals surface area contributed by atoms with Gasteiger partial charge in [0.2, 0.25) is 5.91 Å². The van der Waals surface area contributed by atoms with Crippen molar-refractivity contribution in [3.05, 3.63) is 0 Å². The van der Waals surface area contributed by atoms with Crippen molar-refractivity contribution in [2.45, 2.75) is 32.8 Å². The fraction of sp³-hybridized carbons (Fsp3) is 0.900. The number of nitrogens with one attached hydrogen (secondary N) is 1. The molecule has 0 aliphatic rings. The van der Waals surface area contributed by atoms with Crippen LogP contribution >= 0.6 is 0 Å². The van der Waals surface area contributed by atoms with Gasteiger partial charge in [0.25, 0.3) is 0 Å². The highest BCUT2D eigenvalue weighted by atomic mass is 16.6. The molecule has 0 aromatic carbocycles. The van der Waals surface area contributed by atoms with E-state index in [0.717, 1.165) is 0 Å². The summed E-state index contributed by atoms with van der Waals surface area (Å²) in [5.41, 5.74) is 4.48. The van der Waals surface area contributed by atoms with Crippen molar-refractivity contribution in [2.24, 2.45) is 5.73 Å². The van der Waals surface area contributed by atoms with Gasteiger partial charge >= 0.3 is 6.09 Å². The van der Waals surface area contributed by atoms with Gasteiger partial charge in [-0.05, 0) is 20.8 Å². The third kappa shape index (κ3) is 26.5. The maximum Gasteiger partial charge on any atom is 0.407 e. The zero-order valence-electron chi connectivity index (χ0n) is 19.2. The van der Waals surface area contributed by atoms with E-state index >= 15 is 0 Å². The highest BCUT2D eigenvalue weighted by Crippen LogP contribution is 2.05. The van der Waals surface area contributed by atoms with E-state index in [2.05, 4.69) is 5.32 Å². The normalized spacial score (nSPS) is 11.5. The van der Waals surface area contributed by atoms with Gasteiger partial charge in [-0.3, -0.25) is 4.79 Å². The zero-order chi connectivity index (χ0) is 23.2. The molecule has 0 heterocycles. The van der Waals surface area contributed by atoms with Crippen molar-refractivity contribution in [1.29, 1.82) is 0 Å². The first-order valence-corrected chi connectivity index (χ1v) is 10.5. The highest BCUT2D eigenvalue weighted by Gasteiger charge is 2.15. The molecule has 0 rings (SSSR count). The number of nitrogens with two attached hydrogens (primary N) is 1. The number of hydrogen-bond donors (Lipinski definition) is 2. The van der Waals surface area contributed by atoms with Crippen molar-refractivity contribution in [1.82, 2.24) is 5.32 Å². The first kappa shape index (κ1) is 29.5. The molecule has 11 heteroatoms. The molecule has 0 radical (unpaired) electrons. The largest absolute Gasteiger partial charge is 0.444 e. The molecule has 0 aromatic rings. The summed E-state index contributed by atoms with van der Waals surface area (Å²) < 4.78 is 37.1. The first-order chi connectivity index (χ1) is 14.8. The lowest BCUT2D eigenvalue weighted by molar-refractivity contribution is -0.119. The van der Waals surface area contributed by atoms with E-state index in [1.807, 2.05) is 20.8 Å². The molecule has 0 saturated heterocycles. The summed E-state index contributed by atoms with van der Waals surface area (Å²) in [7, 11) is 0. The number of carbonyl (C=O) groups is 2. The summed E-state index contributed by atoms with van der Waals surface area (Å²) in [6, 6.07) is 0. The maximum atomic E-state index is 11.4. The second kappa shape index (κ2) is 20.4. The Morgan fingerprint density at radius 3 is 1.35 bits per heavy atom. The SMILES string of the molecule is CC(C)(C)OC(=O)NCCOCCOCCOCCOCCOCCOCCC(N)=O. The quantitative estimate of drug-likeness (QED) is 0.238. The predicted octanol–water partition coefficient (Wildman–Crippen LogP) is 0.486. The van der Waals surface area contributed by atoms with Crippen LogP contribution in [0, 0.1) is 0 Å². The Kier molecular flexibility index (Phi) is 19.4. The Balaban J connectivity index is 3.13. The van der Waals surface area contributed by atoms with Gasteiger partial charge in [-0.15, -0.1) is 0 Å². The highest BCUT2D eigenvalue weighted by molar-refractivity contribution is 5.73. The molecule has 0 atom stereocenters. The van der Waals surface area contributed by atoms with Gasteiger partial charge < -0.3 is 44.2 Å². The maximum absolute atomic E-state index is 11.4. The van der Waals surface area contributed by atoms with E-state index in [1.165, 1.54) is 0 Å². The van der Waals surface area contributed by atoms with Crippen molar-refractivity contribution in [3.63, 3.8) is 0 Å². The lowest BCUT2D eigenvalue weighted by atomic mass is 10.2. The first-order valence-electron chi connectivity index (χ1n) is 10.5.